The zero-order valence-electron chi connectivity index (χ0n) is 17.3. The molecule has 0 unspecified atom stereocenters. The molecular weight excluding hydrogens is 403 g/mol. The van der Waals surface area contributed by atoms with Gasteiger partial charge in [0.1, 0.15) is 17.9 Å². The number of nitrogens with zero attached hydrogens (tertiary/aromatic N) is 1. The summed E-state index contributed by atoms with van der Waals surface area (Å²) in [5, 5.41) is 7.93. The number of hydrogen-bond acceptors (Lipinski definition) is 4. The van der Waals surface area contributed by atoms with E-state index < -0.39 is 29.8 Å². The van der Waals surface area contributed by atoms with Crippen LogP contribution in [0, 0.1) is 11.7 Å². The van der Waals surface area contributed by atoms with E-state index in [2.05, 4.69) is 16.0 Å². The number of benzene rings is 1. The second-order valence-corrected chi connectivity index (χ2v) is 8.68. The first kappa shape index (κ1) is 21.3. The lowest BCUT2D eigenvalue weighted by atomic mass is 9.88. The van der Waals surface area contributed by atoms with E-state index in [0.29, 0.717) is 12.8 Å². The molecule has 2 aliphatic carbocycles. The van der Waals surface area contributed by atoms with Crippen LogP contribution in [0.15, 0.2) is 18.2 Å². The minimum atomic E-state index is -0.871. The van der Waals surface area contributed by atoms with Gasteiger partial charge in [-0.25, -0.2) is 9.18 Å². The van der Waals surface area contributed by atoms with E-state index in [4.69, 9.17) is 0 Å². The van der Waals surface area contributed by atoms with Crippen LogP contribution in [0.4, 0.5) is 20.6 Å². The smallest absolute Gasteiger partial charge is 0.324 e. The summed E-state index contributed by atoms with van der Waals surface area (Å²) >= 11 is 0. The van der Waals surface area contributed by atoms with E-state index in [1.165, 1.54) is 12.1 Å². The molecule has 5 amide bonds. The summed E-state index contributed by atoms with van der Waals surface area (Å²) in [4.78, 5) is 50.7. The quantitative estimate of drug-likeness (QED) is 0.624. The molecule has 4 rings (SSSR count). The molecule has 9 heteroatoms. The van der Waals surface area contributed by atoms with Crippen molar-refractivity contribution in [2.45, 2.75) is 63.3 Å². The van der Waals surface area contributed by atoms with Gasteiger partial charge in [-0.15, -0.1) is 0 Å². The zero-order valence-corrected chi connectivity index (χ0v) is 17.3. The number of halogens is 1. The Kier molecular flexibility index (Phi) is 5.93. The fourth-order valence-electron chi connectivity index (χ4n) is 4.78. The molecule has 3 N–H and O–H groups in total. The van der Waals surface area contributed by atoms with Crippen molar-refractivity contribution in [3.8, 4) is 0 Å². The molecule has 0 aromatic heterocycles. The summed E-state index contributed by atoms with van der Waals surface area (Å²) in [5.41, 5.74) is -0.606. The monoisotopic (exact) mass is 430 g/mol. The van der Waals surface area contributed by atoms with E-state index >= 15 is 0 Å². The number of rotatable bonds is 5. The predicted octanol–water partition coefficient (Wildman–Crippen LogP) is 3.15. The van der Waals surface area contributed by atoms with Crippen LogP contribution in [0.5, 0.6) is 0 Å². The van der Waals surface area contributed by atoms with Crippen LogP contribution < -0.4 is 16.0 Å². The van der Waals surface area contributed by atoms with Gasteiger partial charge < -0.3 is 16.0 Å². The Bertz CT molecular complexity index is 907. The van der Waals surface area contributed by atoms with Crippen LogP contribution in [0.1, 0.15) is 57.8 Å². The highest BCUT2D eigenvalue weighted by Crippen LogP contribution is 2.35. The van der Waals surface area contributed by atoms with Gasteiger partial charge in [-0.3, -0.25) is 19.3 Å². The first-order chi connectivity index (χ1) is 14.9. The number of carbonyl (C=O) groups excluding carboxylic acids is 4. The highest BCUT2D eigenvalue weighted by atomic mass is 19.1. The first-order valence-electron chi connectivity index (χ1n) is 10.9. The summed E-state index contributed by atoms with van der Waals surface area (Å²) in [5.74, 6) is -1.89. The summed E-state index contributed by atoms with van der Waals surface area (Å²) in [7, 11) is 0. The molecule has 0 radical (unpaired) electrons. The molecule has 1 spiro atoms. The van der Waals surface area contributed by atoms with Crippen molar-refractivity contribution in [2.75, 3.05) is 17.2 Å². The standard InChI is InChI=1S/C22H27FN4O4/c23-16-9-8-15(12-17(16)25-19(29)14-6-2-1-3-7-14)24-18(28)13-27-20(30)22(26-21(27)31)10-4-5-11-22/h8-9,12,14H,1-7,10-11,13H2,(H,24,28)(H,25,29)(H,26,31). The Hall–Kier alpha value is -2.97. The Labute approximate surface area is 179 Å². The van der Waals surface area contributed by atoms with E-state index in [9.17, 15) is 23.6 Å². The van der Waals surface area contributed by atoms with E-state index in [0.717, 1.165) is 55.9 Å². The van der Waals surface area contributed by atoms with Gasteiger partial charge in [-0.05, 0) is 43.9 Å². The van der Waals surface area contributed by atoms with Gasteiger partial charge in [0, 0.05) is 11.6 Å². The lowest BCUT2D eigenvalue weighted by molar-refractivity contribution is -0.133. The molecule has 0 atom stereocenters. The summed E-state index contributed by atoms with van der Waals surface area (Å²) < 4.78 is 14.2. The molecule has 8 nitrogen and oxygen atoms in total. The average Bonchev–Trinajstić information content (AvgIpc) is 3.31. The number of imide groups is 1. The van der Waals surface area contributed by atoms with Gasteiger partial charge in [-0.2, -0.15) is 0 Å². The minimum Gasteiger partial charge on any atom is -0.324 e. The number of amides is 5. The molecule has 1 heterocycles. The topological polar surface area (TPSA) is 108 Å². The van der Waals surface area contributed by atoms with Gasteiger partial charge in [-0.1, -0.05) is 32.1 Å². The third-order valence-corrected chi connectivity index (χ3v) is 6.49. The van der Waals surface area contributed by atoms with Crippen molar-refractivity contribution in [3.63, 3.8) is 0 Å². The largest absolute Gasteiger partial charge is 0.325 e. The van der Waals surface area contributed by atoms with Crippen LogP contribution in [0.25, 0.3) is 0 Å². The van der Waals surface area contributed by atoms with Crippen LogP contribution in [-0.2, 0) is 14.4 Å². The molecule has 0 bridgehead atoms. The number of carbonyl (C=O) groups is 4. The van der Waals surface area contributed by atoms with Crippen LogP contribution in [0.2, 0.25) is 0 Å². The molecule has 1 aliphatic heterocycles. The normalized spacial score (nSPS) is 20.7. The zero-order chi connectivity index (χ0) is 22.0. The lowest BCUT2D eigenvalue weighted by Gasteiger charge is -2.21. The second-order valence-electron chi connectivity index (χ2n) is 8.68. The van der Waals surface area contributed by atoms with Crippen molar-refractivity contribution in [1.29, 1.82) is 0 Å². The SMILES string of the molecule is O=C(CN1C(=O)NC2(CCCC2)C1=O)Nc1ccc(F)c(NC(=O)C2CCCCC2)c1. The predicted molar refractivity (Wildman–Crippen MR) is 112 cm³/mol. The van der Waals surface area contributed by atoms with Gasteiger partial charge in [0.2, 0.25) is 11.8 Å². The summed E-state index contributed by atoms with van der Waals surface area (Å²) in [6, 6.07) is 3.31. The molecule has 2 saturated carbocycles. The van der Waals surface area contributed by atoms with Crippen molar-refractivity contribution in [2.24, 2.45) is 5.92 Å². The molecule has 1 aromatic carbocycles. The minimum absolute atomic E-state index is 0.00623. The highest BCUT2D eigenvalue weighted by molar-refractivity contribution is 6.10. The van der Waals surface area contributed by atoms with Gasteiger partial charge in [0.25, 0.3) is 5.91 Å². The molecular formula is C22H27FN4O4. The molecule has 1 saturated heterocycles. The second kappa shape index (κ2) is 8.64. The maximum absolute atomic E-state index is 14.2. The molecule has 31 heavy (non-hydrogen) atoms. The highest BCUT2D eigenvalue weighted by Gasteiger charge is 2.52. The Morgan fingerprint density at radius 1 is 1.06 bits per heavy atom. The van der Waals surface area contributed by atoms with Crippen molar-refractivity contribution in [3.05, 3.63) is 24.0 Å². The van der Waals surface area contributed by atoms with Gasteiger partial charge in [0.15, 0.2) is 0 Å². The lowest BCUT2D eigenvalue weighted by Crippen LogP contribution is -2.44. The fourth-order valence-corrected chi connectivity index (χ4v) is 4.78. The van der Waals surface area contributed by atoms with E-state index in [1.807, 2.05) is 0 Å². The van der Waals surface area contributed by atoms with E-state index in [1.54, 1.807) is 0 Å². The van der Waals surface area contributed by atoms with Crippen LogP contribution >= 0.6 is 0 Å². The van der Waals surface area contributed by atoms with E-state index in [-0.39, 0.29) is 29.1 Å². The Morgan fingerprint density at radius 2 is 1.77 bits per heavy atom. The fraction of sp³-hybridized carbons (Fsp3) is 0.545. The maximum Gasteiger partial charge on any atom is 0.325 e. The van der Waals surface area contributed by atoms with Crippen molar-refractivity contribution < 1.29 is 23.6 Å². The number of hydrogen-bond donors (Lipinski definition) is 3. The maximum atomic E-state index is 14.2. The average molecular weight is 430 g/mol. The number of urea groups is 1. The third kappa shape index (κ3) is 4.40. The number of nitrogens with one attached hydrogen (secondary N) is 3. The molecule has 3 aliphatic rings. The summed E-state index contributed by atoms with van der Waals surface area (Å²) in [6.07, 6.45) is 7.54. The van der Waals surface area contributed by atoms with Gasteiger partial charge in [0.05, 0.1) is 5.69 Å². The van der Waals surface area contributed by atoms with Crippen LogP contribution in [0.3, 0.4) is 0 Å². The summed E-state index contributed by atoms with van der Waals surface area (Å²) in [6.45, 7) is -0.423. The first-order valence-corrected chi connectivity index (χ1v) is 10.9. The van der Waals surface area contributed by atoms with Gasteiger partial charge >= 0.3 is 6.03 Å². The number of anilines is 2. The molecule has 3 fully saturated rings. The van der Waals surface area contributed by atoms with Crippen molar-refractivity contribution >= 4 is 35.1 Å². The Balaban J connectivity index is 1.38. The Morgan fingerprint density at radius 3 is 2.48 bits per heavy atom. The van der Waals surface area contributed by atoms with Crippen molar-refractivity contribution in [1.82, 2.24) is 10.2 Å². The molecule has 1 aromatic rings. The third-order valence-electron chi connectivity index (χ3n) is 6.49. The van der Waals surface area contributed by atoms with Crippen LogP contribution in [-0.4, -0.2) is 40.7 Å². The molecule has 166 valence electrons.